The van der Waals surface area contributed by atoms with Crippen molar-refractivity contribution in [3.8, 4) is 5.69 Å². The second kappa shape index (κ2) is 6.97. The molecule has 3 nitrogen and oxygen atoms in total. The van der Waals surface area contributed by atoms with Crippen LogP contribution >= 0.6 is 0 Å². The first-order valence-corrected chi connectivity index (χ1v) is 10.2. The predicted octanol–water partition coefficient (Wildman–Crippen LogP) is 5.60. The molecule has 1 atom stereocenters. The van der Waals surface area contributed by atoms with E-state index in [1.807, 2.05) is 0 Å². The van der Waals surface area contributed by atoms with Crippen LogP contribution in [0.25, 0.3) is 5.69 Å². The molecule has 1 aliphatic rings. The van der Waals surface area contributed by atoms with Gasteiger partial charge in [-0.25, -0.2) is 0 Å². The van der Waals surface area contributed by atoms with E-state index in [9.17, 15) is 0 Å². The van der Waals surface area contributed by atoms with Crippen molar-refractivity contribution >= 4 is 17.1 Å². The maximum Gasteiger partial charge on any atom is 0.216 e. The number of para-hydroxylation sites is 2. The van der Waals surface area contributed by atoms with Crippen LogP contribution in [0.15, 0.2) is 60.8 Å². The highest BCUT2D eigenvalue weighted by Crippen LogP contribution is 2.46. The van der Waals surface area contributed by atoms with Crippen LogP contribution in [0.5, 0.6) is 0 Å². The van der Waals surface area contributed by atoms with Gasteiger partial charge >= 0.3 is 0 Å². The number of fused-ring (bicyclic) bond motifs is 1. The monoisotopic (exact) mass is 372 g/mol. The first-order valence-electron chi connectivity index (χ1n) is 10.2. The average molecular weight is 373 g/mol. The zero-order valence-electron chi connectivity index (χ0n) is 17.8. The molecule has 3 aromatic rings. The van der Waals surface area contributed by atoms with E-state index in [1.54, 1.807) is 0 Å². The highest BCUT2D eigenvalue weighted by Gasteiger charge is 2.36. The molecule has 0 radical (unpaired) electrons. The molecule has 3 heteroatoms. The van der Waals surface area contributed by atoms with Crippen molar-refractivity contribution < 1.29 is 4.57 Å². The van der Waals surface area contributed by atoms with Gasteiger partial charge in [-0.15, -0.1) is 0 Å². The molecule has 0 spiro atoms. The summed E-state index contributed by atoms with van der Waals surface area (Å²) in [6, 6.07) is 20.2. The van der Waals surface area contributed by atoms with Gasteiger partial charge in [0.15, 0.2) is 11.9 Å². The van der Waals surface area contributed by atoms with Crippen molar-refractivity contribution in [3.63, 3.8) is 0 Å². The lowest BCUT2D eigenvalue weighted by Crippen LogP contribution is -2.43. The van der Waals surface area contributed by atoms with E-state index in [4.69, 9.17) is 0 Å². The minimum atomic E-state index is 0.271. The fourth-order valence-corrected chi connectivity index (χ4v) is 4.57. The molecule has 28 heavy (non-hydrogen) atoms. The fraction of sp³-hybridized carbons (Fsp3) is 0.320. The topological polar surface area (TPSA) is 10.4 Å². The zero-order valence-corrected chi connectivity index (χ0v) is 17.8. The summed E-state index contributed by atoms with van der Waals surface area (Å²) in [7, 11) is 0. The third kappa shape index (κ3) is 2.86. The van der Waals surface area contributed by atoms with Crippen LogP contribution in [0, 0.1) is 20.8 Å². The normalized spacial score (nSPS) is 16.0. The Hall–Kier alpha value is -2.81. The number of hydrogen-bond donors (Lipinski definition) is 0. The molecular formula is C25H30N3+. The molecule has 0 aliphatic carbocycles. The van der Waals surface area contributed by atoms with Crippen molar-refractivity contribution in [2.45, 2.75) is 53.8 Å². The van der Waals surface area contributed by atoms with E-state index in [0.29, 0.717) is 6.04 Å². The lowest BCUT2D eigenvalue weighted by atomic mass is 10.1. The Bertz CT molecular complexity index is 1020. The molecule has 144 valence electrons. The molecule has 0 unspecified atom stereocenters. The predicted molar refractivity (Wildman–Crippen MR) is 118 cm³/mol. The number of aryl methyl sites for hydroxylation is 2. The number of rotatable bonds is 3. The van der Waals surface area contributed by atoms with Gasteiger partial charge in [0.2, 0.25) is 5.69 Å². The first-order chi connectivity index (χ1) is 13.4. The largest absolute Gasteiger partial charge is 0.347 e. The highest BCUT2D eigenvalue weighted by molar-refractivity contribution is 5.85. The minimum Gasteiger partial charge on any atom is -0.347 e. The Morgan fingerprint density at radius 3 is 2.21 bits per heavy atom. The second-order valence-electron chi connectivity index (χ2n) is 8.13. The maximum atomic E-state index is 2.51. The van der Waals surface area contributed by atoms with Crippen LogP contribution in [-0.2, 0) is 0 Å². The van der Waals surface area contributed by atoms with Crippen molar-refractivity contribution in [2.24, 2.45) is 0 Å². The van der Waals surface area contributed by atoms with Crippen LogP contribution in [0.2, 0.25) is 0 Å². The van der Waals surface area contributed by atoms with Gasteiger partial charge in [0.1, 0.15) is 6.17 Å². The Morgan fingerprint density at radius 2 is 1.54 bits per heavy atom. The van der Waals surface area contributed by atoms with Gasteiger partial charge in [-0.2, -0.15) is 4.57 Å². The van der Waals surface area contributed by atoms with Crippen LogP contribution < -0.4 is 14.4 Å². The van der Waals surface area contributed by atoms with E-state index < -0.39 is 0 Å². The molecule has 2 heterocycles. The summed E-state index contributed by atoms with van der Waals surface area (Å²) in [5.41, 5.74) is 8.96. The second-order valence-corrected chi connectivity index (χ2v) is 8.13. The summed E-state index contributed by atoms with van der Waals surface area (Å²) in [6.07, 6.45) is 2.43. The van der Waals surface area contributed by atoms with Gasteiger partial charge in [-0.1, -0.05) is 18.2 Å². The average Bonchev–Trinajstić information content (AvgIpc) is 2.96. The summed E-state index contributed by atoms with van der Waals surface area (Å²) in [6.45, 7) is 13.5. The molecule has 0 fully saturated rings. The van der Waals surface area contributed by atoms with Crippen molar-refractivity contribution in [1.29, 1.82) is 0 Å². The van der Waals surface area contributed by atoms with E-state index in [1.165, 1.54) is 39.6 Å². The number of hydrogen-bond acceptors (Lipinski definition) is 2. The molecule has 0 bridgehead atoms. The minimum absolute atomic E-state index is 0.271. The van der Waals surface area contributed by atoms with Crippen molar-refractivity contribution in [3.05, 3.63) is 77.6 Å². The molecule has 0 saturated carbocycles. The molecule has 0 N–H and O–H groups in total. The molecule has 0 saturated heterocycles. The fourth-order valence-electron chi connectivity index (χ4n) is 4.57. The molecule has 1 aromatic heterocycles. The summed E-state index contributed by atoms with van der Waals surface area (Å²) in [5, 5.41) is 0. The maximum absolute atomic E-state index is 2.51. The third-order valence-electron chi connectivity index (χ3n) is 5.83. The lowest BCUT2D eigenvalue weighted by Gasteiger charge is -2.33. The Morgan fingerprint density at radius 1 is 0.857 bits per heavy atom. The highest BCUT2D eigenvalue weighted by atomic mass is 15.4. The zero-order chi connectivity index (χ0) is 20.0. The number of pyridine rings is 1. The van der Waals surface area contributed by atoms with E-state index in [0.717, 1.165) is 0 Å². The SMILES string of the molecule is Cc1cc(N2c3ccccc3N(C(C)C)[C@H]2C)c(C)c(-[n+]2ccccc2C)c1. The smallest absolute Gasteiger partial charge is 0.216 e. The van der Waals surface area contributed by atoms with Gasteiger partial charge in [0, 0.05) is 36.7 Å². The lowest BCUT2D eigenvalue weighted by molar-refractivity contribution is -0.603. The molecule has 1 aliphatic heterocycles. The van der Waals surface area contributed by atoms with Crippen molar-refractivity contribution in [1.82, 2.24) is 0 Å². The molecular weight excluding hydrogens is 342 g/mol. The van der Waals surface area contributed by atoms with Crippen molar-refractivity contribution in [2.75, 3.05) is 9.80 Å². The Balaban J connectivity index is 1.92. The van der Waals surface area contributed by atoms with Crippen LogP contribution in [-0.4, -0.2) is 12.2 Å². The third-order valence-corrected chi connectivity index (χ3v) is 5.83. The first kappa shape index (κ1) is 18.5. The van der Waals surface area contributed by atoms with E-state index in [2.05, 4.69) is 117 Å². The van der Waals surface area contributed by atoms with Gasteiger partial charge < -0.3 is 9.80 Å². The molecule has 2 aromatic carbocycles. The number of nitrogens with zero attached hydrogens (tertiary/aromatic N) is 3. The van der Waals surface area contributed by atoms with Gasteiger partial charge in [0.25, 0.3) is 0 Å². The standard InChI is InChI=1S/C25H30N3/c1-17(2)27-21(6)28(23-13-8-7-12-22(23)27)25-16-18(3)15-24(20(25)5)26-14-10-9-11-19(26)4/h7-17,21H,1-6H3/q+1/t21-/m1/s1. The quantitative estimate of drug-likeness (QED) is 0.554. The summed E-state index contributed by atoms with van der Waals surface area (Å²) < 4.78 is 2.29. The molecule has 4 rings (SSSR count). The van der Waals surface area contributed by atoms with E-state index >= 15 is 0 Å². The Kier molecular flexibility index (Phi) is 4.62. The summed E-state index contributed by atoms with van der Waals surface area (Å²) in [4.78, 5) is 5.01. The number of aromatic nitrogens is 1. The summed E-state index contributed by atoms with van der Waals surface area (Å²) in [5.74, 6) is 0. The van der Waals surface area contributed by atoms with Crippen LogP contribution in [0.1, 0.15) is 37.6 Å². The van der Waals surface area contributed by atoms with Gasteiger partial charge in [0.05, 0.1) is 17.1 Å². The number of anilines is 3. The summed E-state index contributed by atoms with van der Waals surface area (Å²) >= 11 is 0. The van der Waals surface area contributed by atoms with Gasteiger partial charge in [-0.05, 0) is 58.4 Å². The molecule has 0 amide bonds. The van der Waals surface area contributed by atoms with Crippen LogP contribution in [0.4, 0.5) is 17.1 Å². The number of benzene rings is 2. The van der Waals surface area contributed by atoms with Crippen LogP contribution in [0.3, 0.4) is 0 Å². The van der Waals surface area contributed by atoms with E-state index in [-0.39, 0.29) is 6.17 Å². The van der Waals surface area contributed by atoms with Gasteiger partial charge in [-0.3, -0.25) is 0 Å². The Labute approximate surface area is 168 Å².